The molecule has 0 bridgehead atoms. The van der Waals surface area contributed by atoms with Crippen LogP contribution in [0.5, 0.6) is 0 Å². The van der Waals surface area contributed by atoms with Crippen molar-refractivity contribution in [3.63, 3.8) is 0 Å². The van der Waals surface area contributed by atoms with Gasteiger partial charge in [-0.1, -0.05) is 0 Å². The molecule has 2 heterocycles. The second kappa shape index (κ2) is 4.82. The molecular formula is C11H14BrN3O. The number of hydrogen-bond donors (Lipinski definition) is 2. The van der Waals surface area contributed by atoms with E-state index < -0.39 is 0 Å². The molecule has 1 fully saturated rings. The summed E-state index contributed by atoms with van der Waals surface area (Å²) in [5, 5.41) is 6.16. The van der Waals surface area contributed by atoms with Crippen molar-refractivity contribution in [3.8, 4) is 0 Å². The zero-order chi connectivity index (χ0) is 11.5. The third-order valence-electron chi connectivity index (χ3n) is 2.64. The Balaban J connectivity index is 1.98. The predicted molar refractivity (Wildman–Crippen MR) is 66.3 cm³/mol. The number of anilines is 1. The van der Waals surface area contributed by atoms with Crippen LogP contribution in [-0.4, -0.2) is 23.5 Å². The lowest BCUT2D eigenvalue weighted by atomic mass is 10.1. The smallest absolute Gasteiger partial charge is 0.220 e. The van der Waals surface area contributed by atoms with Crippen LogP contribution in [0.25, 0.3) is 0 Å². The molecule has 2 N–H and O–H groups in total. The minimum Gasteiger partial charge on any atom is -0.366 e. The van der Waals surface area contributed by atoms with E-state index in [0.29, 0.717) is 13.0 Å². The van der Waals surface area contributed by atoms with Crippen LogP contribution in [0.2, 0.25) is 0 Å². The maximum Gasteiger partial charge on any atom is 0.220 e. The van der Waals surface area contributed by atoms with Crippen molar-refractivity contribution >= 4 is 27.7 Å². The molecule has 5 heteroatoms. The Kier molecular flexibility index (Phi) is 3.43. The molecule has 1 aliphatic rings. The summed E-state index contributed by atoms with van der Waals surface area (Å²) in [4.78, 5) is 15.4. The van der Waals surface area contributed by atoms with Crippen molar-refractivity contribution in [2.24, 2.45) is 0 Å². The summed E-state index contributed by atoms with van der Waals surface area (Å²) in [5.74, 6) is 1.000. The third-order valence-corrected chi connectivity index (χ3v) is 3.48. The Morgan fingerprint density at radius 3 is 3.00 bits per heavy atom. The number of pyridine rings is 1. The molecule has 1 saturated heterocycles. The first-order chi connectivity index (χ1) is 7.65. The van der Waals surface area contributed by atoms with Crippen molar-refractivity contribution in [2.45, 2.75) is 25.8 Å². The van der Waals surface area contributed by atoms with E-state index in [-0.39, 0.29) is 11.9 Å². The van der Waals surface area contributed by atoms with E-state index in [0.717, 1.165) is 22.4 Å². The van der Waals surface area contributed by atoms with Crippen LogP contribution >= 0.6 is 15.9 Å². The van der Waals surface area contributed by atoms with E-state index in [1.807, 2.05) is 19.1 Å². The first-order valence-corrected chi connectivity index (χ1v) is 6.11. The van der Waals surface area contributed by atoms with E-state index in [1.165, 1.54) is 0 Å². The molecule has 0 saturated carbocycles. The summed E-state index contributed by atoms with van der Waals surface area (Å²) < 4.78 is 1.01. The van der Waals surface area contributed by atoms with Gasteiger partial charge in [0.05, 0.1) is 5.69 Å². The molecule has 1 unspecified atom stereocenters. The van der Waals surface area contributed by atoms with E-state index in [1.54, 1.807) is 0 Å². The van der Waals surface area contributed by atoms with Gasteiger partial charge in [0.15, 0.2) is 0 Å². The number of aryl methyl sites for hydroxylation is 1. The number of aromatic nitrogens is 1. The summed E-state index contributed by atoms with van der Waals surface area (Å²) in [5.41, 5.74) is 0.963. The molecule has 16 heavy (non-hydrogen) atoms. The largest absolute Gasteiger partial charge is 0.366 e. The molecule has 1 aromatic rings. The zero-order valence-electron chi connectivity index (χ0n) is 9.09. The van der Waals surface area contributed by atoms with Gasteiger partial charge in [-0.15, -0.1) is 0 Å². The number of piperidine rings is 1. The molecule has 0 aromatic carbocycles. The second-order valence-corrected chi connectivity index (χ2v) is 4.80. The molecule has 0 aliphatic carbocycles. The molecule has 1 aliphatic heterocycles. The highest BCUT2D eigenvalue weighted by atomic mass is 79.9. The highest BCUT2D eigenvalue weighted by Gasteiger charge is 2.17. The number of nitrogens with zero attached hydrogens (tertiary/aromatic N) is 1. The lowest BCUT2D eigenvalue weighted by Crippen LogP contribution is -2.42. The van der Waals surface area contributed by atoms with Crippen LogP contribution in [-0.2, 0) is 4.79 Å². The monoisotopic (exact) mass is 283 g/mol. The van der Waals surface area contributed by atoms with Crippen molar-refractivity contribution in [2.75, 3.05) is 11.9 Å². The van der Waals surface area contributed by atoms with Crippen LogP contribution in [0.1, 0.15) is 18.5 Å². The summed E-state index contributed by atoms with van der Waals surface area (Å²) >= 11 is 3.42. The van der Waals surface area contributed by atoms with Crippen LogP contribution in [0, 0.1) is 6.92 Å². The van der Waals surface area contributed by atoms with Crippen molar-refractivity contribution in [1.29, 1.82) is 0 Å². The van der Waals surface area contributed by atoms with E-state index in [4.69, 9.17) is 0 Å². The summed E-state index contributed by atoms with van der Waals surface area (Å²) in [6.45, 7) is 2.63. The van der Waals surface area contributed by atoms with Gasteiger partial charge in [0, 0.05) is 23.5 Å². The van der Waals surface area contributed by atoms with Gasteiger partial charge in [-0.25, -0.2) is 4.98 Å². The van der Waals surface area contributed by atoms with Gasteiger partial charge in [-0.05, 0) is 41.4 Å². The molecule has 1 aromatic heterocycles. The molecule has 1 atom stereocenters. The minimum atomic E-state index is 0.137. The van der Waals surface area contributed by atoms with Gasteiger partial charge in [-0.3, -0.25) is 4.79 Å². The van der Waals surface area contributed by atoms with Crippen molar-refractivity contribution in [3.05, 3.63) is 22.3 Å². The first kappa shape index (κ1) is 11.4. The van der Waals surface area contributed by atoms with Crippen LogP contribution in [0.15, 0.2) is 16.6 Å². The fourth-order valence-corrected chi connectivity index (χ4v) is 1.91. The number of halogens is 1. The Bertz CT molecular complexity index is 398. The summed E-state index contributed by atoms with van der Waals surface area (Å²) in [6, 6.07) is 4.20. The summed E-state index contributed by atoms with van der Waals surface area (Å²) in [7, 11) is 0. The van der Waals surface area contributed by atoms with Gasteiger partial charge in [0.25, 0.3) is 0 Å². The first-order valence-electron chi connectivity index (χ1n) is 5.31. The molecule has 1 amide bonds. The second-order valence-electron chi connectivity index (χ2n) is 3.95. The third kappa shape index (κ3) is 2.72. The Labute approximate surface area is 103 Å². The summed E-state index contributed by atoms with van der Waals surface area (Å²) in [6.07, 6.45) is 1.45. The lowest BCUT2D eigenvalue weighted by molar-refractivity contribution is -0.122. The Morgan fingerprint density at radius 1 is 1.56 bits per heavy atom. The molecule has 4 nitrogen and oxygen atoms in total. The average Bonchev–Trinajstić information content (AvgIpc) is 2.27. The van der Waals surface area contributed by atoms with Gasteiger partial charge < -0.3 is 10.6 Å². The predicted octanol–water partition coefficient (Wildman–Crippen LogP) is 1.84. The SMILES string of the molecule is Cc1nc(NC2CCC(=O)NC2)ccc1Br. The van der Waals surface area contributed by atoms with E-state index in [2.05, 4.69) is 31.5 Å². The van der Waals surface area contributed by atoms with Crippen molar-refractivity contribution in [1.82, 2.24) is 10.3 Å². The molecule has 0 radical (unpaired) electrons. The number of nitrogens with one attached hydrogen (secondary N) is 2. The standard InChI is InChI=1S/C11H14BrN3O/c1-7-9(12)3-4-10(14-7)15-8-2-5-11(16)13-6-8/h3-4,8H,2,5-6H2,1H3,(H,13,16)(H,14,15). The molecule has 86 valence electrons. The lowest BCUT2D eigenvalue weighted by Gasteiger charge is -2.24. The highest BCUT2D eigenvalue weighted by molar-refractivity contribution is 9.10. The van der Waals surface area contributed by atoms with Crippen LogP contribution < -0.4 is 10.6 Å². The number of hydrogen-bond acceptors (Lipinski definition) is 3. The number of rotatable bonds is 2. The van der Waals surface area contributed by atoms with E-state index in [9.17, 15) is 4.79 Å². The van der Waals surface area contributed by atoms with Gasteiger partial charge in [0.1, 0.15) is 5.82 Å². The number of carbonyl (C=O) groups excluding carboxylic acids is 1. The van der Waals surface area contributed by atoms with E-state index >= 15 is 0 Å². The van der Waals surface area contributed by atoms with Crippen LogP contribution in [0.3, 0.4) is 0 Å². The average molecular weight is 284 g/mol. The fraction of sp³-hybridized carbons (Fsp3) is 0.455. The topological polar surface area (TPSA) is 54.0 Å². The fourth-order valence-electron chi connectivity index (χ4n) is 1.69. The maximum absolute atomic E-state index is 11.0. The zero-order valence-corrected chi connectivity index (χ0v) is 10.7. The molecule has 0 spiro atoms. The normalized spacial score (nSPS) is 20.4. The quantitative estimate of drug-likeness (QED) is 0.871. The molecular weight excluding hydrogens is 270 g/mol. The number of amides is 1. The number of carbonyl (C=O) groups is 1. The highest BCUT2D eigenvalue weighted by Crippen LogP contribution is 2.17. The Morgan fingerprint density at radius 2 is 2.38 bits per heavy atom. The van der Waals surface area contributed by atoms with Crippen molar-refractivity contribution < 1.29 is 4.79 Å². The maximum atomic E-state index is 11.0. The van der Waals surface area contributed by atoms with Gasteiger partial charge in [-0.2, -0.15) is 0 Å². The van der Waals surface area contributed by atoms with Crippen LogP contribution in [0.4, 0.5) is 5.82 Å². The molecule has 2 rings (SSSR count). The Hall–Kier alpha value is -1.10. The van der Waals surface area contributed by atoms with Gasteiger partial charge in [0.2, 0.25) is 5.91 Å². The minimum absolute atomic E-state index is 0.137. The van der Waals surface area contributed by atoms with Gasteiger partial charge >= 0.3 is 0 Å².